The molecule has 3 rings (SSSR count). The molecule has 0 bridgehead atoms. The molecule has 1 heterocycles. The van der Waals surface area contributed by atoms with Gasteiger partial charge in [-0.15, -0.1) is 0 Å². The summed E-state index contributed by atoms with van der Waals surface area (Å²) in [6.45, 7) is 0. The number of ether oxygens (including phenoxy) is 1. The van der Waals surface area contributed by atoms with E-state index in [0.717, 1.165) is 30.7 Å². The standard InChI is InChI=1S/C17H18N4O2/c1-20(17(12-18)9-3-10-17)16(22)15-8-11-21(19-15)13-4-6-14(23-2)7-5-13/h4-8,11H,3,9-10H2,1-2H3. The predicted molar refractivity (Wildman–Crippen MR) is 84.4 cm³/mol. The summed E-state index contributed by atoms with van der Waals surface area (Å²) in [6.07, 6.45) is 4.17. The lowest BCUT2D eigenvalue weighted by atomic mass is 9.76. The van der Waals surface area contributed by atoms with Crippen molar-refractivity contribution in [3.05, 3.63) is 42.2 Å². The molecule has 0 spiro atoms. The summed E-state index contributed by atoms with van der Waals surface area (Å²) in [4.78, 5) is 14.1. The second-order valence-corrected chi connectivity index (χ2v) is 5.70. The molecule has 2 aromatic rings. The van der Waals surface area contributed by atoms with Crippen LogP contribution >= 0.6 is 0 Å². The number of benzene rings is 1. The van der Waals surface area contributed by atoms with E-state index in [1.165, 1.54) is 4.90 Å². The van der Waals surface area contributed by atoms with Crippen molar-refractivity contribution in [3.63, 3.8) is 0 Å². The second-order valence-electron chi connectivity index (χ2n) is 5.70. The van der Waals surface area contributed by atoms with E-state index in [2.05, 4.69) is 11.2 Å². The van der Waals surface area contributed by atoms with Crippen molar-refractivity contribution in [2.24, 2.45) is 0 Å². The van der Waals surface area contributed by atoms with E-state index in [1.807, 2.05) is 24.3 Å². The van der Waals surface area contributed by atoms with E-state index in [0.29, 0.717) is 5.69 Å². The van der Waals surface area contributed by atoms with Gasteiger partial charge >= 0.3 is 0 Å². The molecule has 1 aliphatic carbocycles. The van der Waals surface area contributed by atoms with E-state index in [4.69, 9.17) is 4.74 Å². The highest BCUT2D eigenvalue weighted by Crippen LogP contribution is 2.36. The fraction of sp³-hybridized carbons (Fsp3) is 0.353. The van der Waals surface area contributed by atoms with Crippen LogP contribution in [0, 0.1) is 11.3 Å². The average Bonchev–Trinajstić information content (AvgIpc) is 3.03. The van der Waals surface area contributed by atoms with Gasteiger partial charge in [0, 0.05) is 13.2 Å². The number of nitriles is 1. The first-order valence-corrected chi connectivity index (χ1v) is 7.49. The summed E-state index contributed by atoms with van der Waals surface area (Å²) < 4.78 is 6.77. The molecular weight excluding hydrogens is 292 g/mol. The first-order chi connectivity index (χ1) is 11.1. The molecule has 6 heteroatoms. The van der Waals surface area contributed by atoms with Gasteiger partial charge in [-0.25, -0.2) is 4.68 Å². The maximum absolute atomic E-state index is 12.6. The summed E-state index contributed by atoms with van der Waals surface area (Å²) in [5, 5.41) is 13.7. The Hall–Kier alpha value is -2.81. The van der Waals surface area contributed by atoms with Gasteiger partial charge in [0.2, 0.25) is 0 Å². The zero-order valence-corrected chi connectivity index (χ0v) is 13.2. The lowest BCUT2D eigenvalue weighted by Crippen LogP contribution is -2.53. The molecule has 23 heavy (non-hydrogen) atoms. The SMILES string of the molecule is COc1ccc(-n2ccc(C(=O)N(C)C3(C#N)CCC3)n2)cc1. The predicted octanol–water partition coefficient (Wildman–Crippen LogP) is 2.40. The Morgan fingerprint density at radius 1 is 1.35 bits per heavy atom. The van der Waals surface area contributed by atoms with Gasteiger partial charge in [-0.1, -0.05) is 0 Å². The number of methoxy groups -OCH3 is 1. The molecular formula is C17H18N4O2. The van der Waals surface area contributed by atoms with Gasteiger partial charge in [-0.05, 0) is 49.6 Å². The van der Waals surface area contributed by atoms with Crippen LogP contribution in [0.25, 0.3) is 5.69 Å². The maximum Gasteiger partial charge on any atom is 0.275 e. The lowest BCUT2D eigenvalue weighted by Gasteiger charge is -2.42. The Labute approximate surface area is 134 Å². The minimum absolute atomic E-state index is 0.224. The molecule has 0 saturated heterocycles. The smallest absolute Gasteiger partial charge is 0.275 e. The highest BCUT2D eigenvalue weighted by atomic mass is 16.5. The highest BCUT2D eigenvalue weighted by molar-refractivity contribution is 5.93. The summed E-state index contributed by atoms with van der Waals surface area (Å²) in [5.41, 5.74) is 0.511. The average molecular weight is 310 g/mol. The van der Waals surface area contributed by atoms with Crippen molar-refractivity contribution in [1.82, 2.24) is 14.7 Å². The number of carbonyl (C=O) groups excluding carboxylic acids is 1. The van der Waals surface area contributed by atoms with Gasteiger partial charge in [0.05, 0.1) is 18.9 Å². The third-order valence-electron chi connectivity index (χ3n) is 4.48. The van der Waals surface area contributed by atoms with Crippen LogP contribution in [-0.4, -0.2) is 40.3 Å². The quantitative estimate of drug-likeness (QED) is 0.869. The Balaban J connectivity index is 1.81. The number of nitrogens with zero attached hydrogens (tertiary/aromatic N) is 4. The molecule has 1 amide bonds. The molecule has 1 aliphatic rings. The molecule has 0 unspecified atom stereocenters. The van der Waals surface area contributed by atoms with Gasteiger partial charge in [-0.2, -0.15) is 10.4 Å². The van der Waals surface area contributed by atoms with Crippen LogP contribution in [0.5, 0.6) is 5.75 Å². The monoisotopic (exact) mass is 310 g/mol. The highest BCUT2D eigenvalue weighted by Gasteiger charge is 2.44. The van der Waals surface area contributed by atoms with Crippen molar-refractivity contribution < 1.29 is 9.53 Å². The molecule has 118 valence electrons. The number of amides is 1. The van der Waals surface area contributed by atoms with E-state index in [9.17, 15) is 10.1 Å². The molecule has 1 aromatic carbocycles. The van der Waals surface area contributed by atoms with Gasteiger partial charge < -0.3 is 9.64 Å². The maximum atomic E-state index is 12.6. The summed E-state index contributed by atoms with van der Waals surface area (Å²) in [6, 6.07) is 11.4. The number of hydrogen-bond acceptors (Lipinski definition) is 4. The van der Waals surface area contributed by atoms with Gasteiger partial charge in [0.25, 0.3) is 5.91 Å². The van der Waals surface area contributed by atoms with Crippen molar-refractivity contribution in [2.45, 2.75) is 24.8 Å². The molecule has 0 N–H and O–H groups in total. The Morgan fingerprint density at radius 2 is 2.04 bits per heavy atom. The third-order valence-corrected chi connectivity index (χ3v) is 4.48. The largest absolute Gasteiger partial charge is 0.497 e. The molecule has 0 radical (unpaired) electrons. The first-order valence-electron chi connectivity index (χ1n) is 7.49. The summed E-state index contributed by atoms with van der Waals surface area (Å²) in [5.74, 6) is 0.538. The van der Waals surface area contributed by atoms with Gasteiger partial charge in [0.15, 0.2) is 5.69 Å². The van der Waals surface area contributed by atoms with Crippen molar-refractivity contribution >= 4 is 5.91 Å². The van der Waals surface area contributed by atoms with E-state index >= 15 is 0 Å². The minimum atomic E-state index is -0.666. The van der Waals surface area contributed by atoms with E-state index in [1.54, 1.807) is 31.1 Å². The Bertz CT molecular complexity index is 754. The molecule has 1 fully saturated rings. The Morgan fingerprint density at radius 3 is 2.57 bits per heavy atom. The van der Waals surface area contributed by atoms with E-state index in [-0.39, 0.29) is 5.91 Å². The third kappa shape index (κ3) is 2.55. The molecule has 0 aliphatic heterocycles. The van der Waals surface area contributed by atoms with Crippen molar-refractivity contribution in [2.75, 3.05) is 14.2 Å². The zero-order valence-electron chi connectivity index (χ0n) is 13.2. The van der Waals surface area contributed by atoms with Gasteiger partial charge in [-0.3, -0.25) is 4.79 Å². The number of hydrogen-bond donors (Lipinski definition) is 0. The summed E-state index contributed by atoms with van der Waals surface area (Å²) >= 11 is 0. The normalized spacial score (nSPS) is 15.3. The van der Waals surface area contributed by atoms with Crippen LogP contribution in [-0.2, 0) is 0 Å². The lowest BCUT2D eigenvalue weighted by molar-refractivity contribution is 0.0491. The molecule has 0 atom stereocenters. The fourth-order valence-corrected chi connectivity index (χ4v) is 2.72. The molecule has 6 nitrogen and oxygen atoms in total. The van der Waals surface area contributed by atoms with Crippen LogP contribution in [0.1, 0.15) is 29.8 Å². The van der Waals surface area contributed by atoms with Crippen LogP contribution < -0.4 is 4.74 Å². The number of carbonyl (C=O) groups is 1. The summed E-state index contributed by atoms with van der Waals surface area (Å²) in [7, 11) is 3.29. The van der Waals surface area contributed by atoms with Gasteiger partial charge in [0.1, 0.15) is 11.3 Å². The minimum Gasteiger partial charge on any atom is -0.497 e. The Kier molecular flexibility index (Phi) is 3.78. The molecule has 1 aromatic heterocycles. The number of aromatic nitrogens is 2. The second kappa shape index (κ2) is 5.76. The van der Waals surface area contributed by atoms with Crippen LogP contribution in [0.15, 0.2) is 36.5 Å². The van der Waals surface area contributed by atoms with E-state index < -0.39 is 5.54 Å². The van der Waals surface area contributed by atoms with Crippen LogP contribution in [0.4, 0.5) is 0 Å². The topological polar surface area (TPSA) is 71.2 Å². The van der Waals surface area contributed by atoms with Crippen LogP contribution in [0.2, 0.25) is 0 Å². The van der Waals surface area contributed by atoms with Crippen molar-refractivity contribution in [1.29, 1.82) is 5.26 Å². The fourth-order valence-electron chi connectivity index (χ4n) is 2.72. The number of rotatable bonds is 4. The molecule has 1 saturated carbocycles. The first kappa shape index (κ1) is 15.1. The van der Waals surface area contributed by atoms with Crippen LogP contribution in [0.3, 0.4) is 0 Å². The van der Waals surface area contributed by atoms with Crippen molar-refractivity contribution in [3.8, 4) is 17.5 Å². The zero-order chi connectivity index (χ0) is 16.4.